The SMILES string of the molecule is Cc1ccc(S(=O)(=O)O)cc1.Fc1c(COc2cccc(C3CCNCC3)n2)ccc2ccoc12. The first-order chi connectivity index (χ1) is 16.8. The van der Waals surface area contributed by atoms with Crippen molar-refractivity contribution >= 4 is 21.1 Å². The molecule has 5 rings (SSSR count). The fraction of sp³-hybridized carbons (Fsp3) is 0.269. The van der Waals surface area contributed by atoms with E-state index >= 15 is 0 Å². The van der Waals surface area contributed by atoms with E-state index < -0.39 is 10.1 Å². The Morgan fingerprint density at radius 2 is 1.83 bits per heavy atom. The molecule has 1 fully saturated rings. The van der Waals surface area contributed by atoms with E-state index in [1.54, 1.807) is 24.3 Å². The van der Waals surface area contributed by atoms with Gasteiger partial charge in [0.05, 0.1) is 11.2 Å². The van der Waals surface area contributed by atoms with Gasteiger partial charge in [0.2, 0.25) is 5.88 Å². The number of fused-ring (bicyclic) bond motifs is 1. The Labute approximate surface area is 203 Å². The number of nitrogens with one attached hydrogen (secondary N) is 1. The fourth-order valence-corrected chi connectivity index (χ4v) is 4.35. The van der Waals surface area contributed by atoms with Crippen LogP contribution in [0, 0.1) is 12.7 Å². The van der Waals surface area contributed by atoms with Crippen molar-refractivity contribution in [3.63, 3.8) is 0 Å². The number of pyridine rings is 1. The van der Waals surface area contributed by atoms with Crippen molar-refractivity contribution in [3.8, 4) is 5.88 Å². The standard InChI is InChI=1S/C19H19FN2O2.C7H8O3S/c20-18-15(5-4-14-8-11-23-19(14)18)12-24-17-3-1-2-16(22-17)13-6-9-21-10-7-13;1-6-2-4-7(5-3-6)11(8,9)10/h1-5,8,11,13,21H,6-7,9-10,12H2;2-5H,1H3,(H,8,9,10). The van der Waals surface area contributed by atoms with Crippen LogP contribution in [0.15, 0.2) is 76.2 Å². The Morgan fingerprint density at radius 1 is 1.09 bits per heavy atom. The Morgan fingerprint density at radius 3 is 2.54 bits per heavy atom. The van der Waals surface area contributed by atoms with Crippen LogP contribution in [0.4, 0.5) is 4.39 Å². The van der Waals surface area contributed by atoms with E-state index in [2.05, 4.69) is 10.3 Å². The number of ether oxygens (including phenoxy) is 1. The number of benzene rings is 2. The van der Waals surface area contributed by atoms with Crippen LogP contribution in [0.25, 0.3) is 11.0 Å². The second kappa shape index (κ2) is 11.0. The lowest BCUT2D eigenvalue weighted by atomic mass is 9.94. The van der Waals surface area contributed by atoms with Crippen LogP contribution in [0.1, 0.15) is 35.6 Å². The van der Waals surface area contributed by atoms with Gasteiger partial charge in [-0.25, -0.2) is 9.37 Å². The lowest BCUT2D eigenvalue weighted by Gasteiger charge is -2.22. The normalized spacial score (nSPS) is 14.4. The third-order valence-electron chi connectivity index (χ3n) is 5.84. The van der Waals surface area contributed by atoms with Crippen LogP contribution in [-0.2, 0) is 16.7 Å². The van der Waals surface area contributed by atoms with Crippen molar-refractivity contribution in [2.24, 2.45) is 0 Å². The van der Waals surface area contributed by atoms with E-state index in [4.69, 9.17) is 13.7 Å². The zero-order valence-electron chi connectivity index (χ0n) is 19.3. The number of rotatable bonds is 5. The highest BCUT2D eigenvalue weighted by Gasteiger charge is 2.17. The maximum Gasteiger partial charge on any atom is 0.294 e. The van der Waals surface area contributed by atoms with Crippen molar-refractivity contribution in [2.45, 2.75) is 37.2 Å². The number of aromatic nitrogens is 1. The molecule has 3 heterocycles. The van der Waals surface area contributed by atoms with Crippen molar-refractivity contribution < 1.29 is 26.5 Å². The summed E-state index contributed by atoms with van der Waals surface area (Å²) in [6, 6.07) is 17.1. The Bertz CT molecular complexity index is 1380. The summed E-state index contributed by atoms with van der Waals surface area (Å²) in [6.45, 7) is 4.01. The van der Waals surface area contributed by atoms with Gasteiger partial charge in [0, 0.05) is 28.6 Å². The van der Waals surface area contributed by atoms with E-state index in [1.807, 2.05) is 31.2 Å². The Kier molecular flexibility index (Phi) is 7.80. The third kappa shape index (κ3) is 6.45. The Hall–Kier alpha value is -3.27. The number of hydrogen-bond donors (Lipinski definition) is 2. The average Bonchev–Trinajstić information content (AvgIpc) is 3.34. The van der Waals surface area contributed by atoms with Gasteiger partial charge in [-0.3, -0.25) is 4.55 Å². The van der Waals surface area contributed by atoms with Gasteiger partial charge in [-0.2, -0.15) is 8.42 Å². The highest BCUT2D eigenvalue weighted by atomic mass is 32.2. The summed E-state index contributed by atoms with van der Waals surface area (Å²) in [6.07, 6.45) is 3.66. The average molecular weight is 499 g/mol. The molecule has 0 bridgehead atoms. The molecule has 1 aliphatic rings. The molecular formula is C26H27FN2O5S. The number of hydrogen-bond acceptors (Lipinski definition) is 6. The van der Waals surface area contributed by atoms with Gasteiger partial charge in [-0.05, 0) is 57.1 Å². The molecule has 0 unspecified atom stereocenters. The molecule has 4 aromatic rings. The molecule has 0 saturated carbocycles. The van der Waals surface area contributed by atoms with Gasteiger partial charge in [0.15, 0.2) is 11.4 Å². The summed E-state index contributed by atoms with van der Waals surface area (Å²) >= 11 is 0. The first-order valence-electron chi connectivity index (χ1n) is 11.3. The summed E-state index contributed by atoms with van der Waals surface area (Å²) in [5, 5.41) is 4.11. The lowest BCUT2D eigenvalue weighted by molar-refractivity contribution is 0.286. The van der Waals surface area contributed by atoms with E-state index in [0.29, 0.717) is 17.4 Å². The van der Waals surface area contributed by atoms with Gasteiger partial charge in [0.1, 0.15) is 6.61 Å². The minimum Gasteiger partial charge on any atom is -0.473 e. The van der Waals surface area contributed by atoms with Gasteiger partial charge in [-0.1, -0.05) is 35.9 Å². The zero-order valence-corrected chi connectivity index (χ0v) is 20.1. The fourth-order valence-electron chi connectivity index (χ4n) is 3.87. The Balaban J connectivity index is 0.000000221. The van der Waals surface area contributed by atoms with Crippen molar-refractivity contribution in [3.05, 3.63) is 89.6 Å². The van der Waals surface area contributed by atoms with Gasteiger partial charge >= 0.3 is 0 Å². The number of furan rings is 1. The highest BCUT2D eigenvalue weighted by Crippen LogP contribution is 2.26. The second-order valence-electron chi connectivity index (χ2n) is 8.38. The van der Waals surface area contributed by atoms with Crippen molar-refractivity contribution in [1.29, 1.82) is 0 Å². The molecule has 2 N–H and O–H groups in total. The van der Waals surface area contributed by atoms with Crippen LogP contribution in [0.2, 0.25) is 0 Å². The summed E-state index contributed by atoms with van der Waals surface area (Å²) in [4.78, 5) is 4.53. The minimum atomic E-state index is -4.02. The third-order valence-corrected chi connectivity index (χ3v) is 6.71. The first-order valence-corrected chi connectivity index (χ1v) is 12.7. The minimum absolute atomic E-state index is 0.0666. The van der Waals surface area contributed by atoms with E-state index in [0.717, 1.165) is 42.6 Å². The zero-order chi connectivity index (χ0) is 24.8. The molecule has 0 aliphatic carbocycles. The van der Waals surface area contributed by atoms with Crippen LogP contribution < -0.4 is 10.1 Å². The van der Waals surface area contributed by atoms with Crippen LogP contribution in [0.3, 0.4) is 0 Å². The van der Waals surface area contributed by atoms with E-state index in [1.165, 1.54) is 18.4 Å². The molecule has 2 aromatic carbocycles. The molecule has 184 valence electrons. The predicted octanol–water partition coefficient (Wildman–Crippen LogP) is 5.25. The molecule has 35 heavy (non-hydrogen) atoms. The van der Waals surface area contributed by atoms with Gasteiger partial charge in [0.25, 0.3) is 10.1 Å². The molecule has 2 aromatic heterocycles. The summed E-state index contributed by atoms with van der Waals surface area (Å²) in [5.74, 6) is 0.628. The number of piperidine rings is 1. The monoisotopic (exact) mass is 498 g/mol. The topological polar surface area (TPSA) is 102 Å². The van der Waals surface area contributed by atoms with E-state index in [9.17, 15) is 12.8 Å². The molecule has 1 saturated heterocycles. The summed E-state index contributed by atoms with van der Waals surface area (Å²) in [5.41, 5.74) is 2.74. The molecule has 0 amide bonds. The van der Waals surface area contributed by atoms with Crippen molar-refractivity contribution in [2.75, 3.05) is 13.1 Å². The number of halogens is 1. The van der Waals surface area contributed by atoms with Gasteiger partial charge in [-0.15, -0.1) is 0 Å². The van der Waals surface area contributed by atoms with Crippen molar-refractivity contribution in [1.82, 2.24) is 10.3 Å². The van der Waals surface area contributed by atoms with Crippen LogP contribution >= 0.6 is 0 Å². The maximum atomic E-state index is 14.4. The molecule has 1 aliphatic heterocycles. The molecule has 0 spiro atoms. The smallest absolute Gasteiger partial charge is 0.294 e. The molecule has 0 radical (unpaired) electrons. The molecule has 0 atom stereocenters. The number of aryl methyl sites for hydroxylation is 1. The van der Waals surface area contributed by atoms with Crippen LogP contribution in [0.5, 0.6) is 5.88 Å². The highest BCUT2D eigenvalue weighted by molar-refractivity contribution is 7.85. The largest absolute Gasteiger partial charge is 0.473 e. The summed E-state index contributed by atoms with van der Waals surface area (Å²) in [7, 11) is -4.02. The second-order valence-corrected chi connectivity index (χ2v) is 9.80. The molecule has 7 nitrogen and oxygen atoms in total. The molecule has 9 heteroatoms. The maximum absolute atomic E-state index is 14.4. The summed E-state index contributed by atoms with van der Waals surface area (Å²) < 4.78 is 54.8. The van der Waals surface area contributed by atoms with Gasteiger partial charge < -0.3 is 14.5 Å². The van der Waals surface area contributed by atoms with Crippen LogP contribution in [-0.4, -0.2) is 31.0 Å². The predicted molar refractivity (Wildman–Crippen MR) is 131 cm³/mol. The quantitative estimate of drug-likeness (QED) is 0.362. The molecular weight excluding hydrogens is 471 g/mol. The number of nitrogens with zero attached hydrogens (tertiary/aromatic N) is 1. The lowest BCUT2D eigenvalue weighted by Crippen LogP contribution is -2.27. The first kappa shape index (κ1) is 24.8. The van der Waals surface area contributed by atoms with E-state index in [-0.39, 0.29) is 22.9 Å².